The zero-order valence-electron chi connectivity index (χ0n) is 17.6. The molecule has 0 amide bonds. The third-order valence-corrected chi connectivity index (χ3v) is 4.76. The normalized spacial score (nSPS) is 16.8. The van der Waals surface area contributed by atoms with Gasteiger partial charge in [0.2, 0.25) is 0 Å². The number of aryl methyl sites for hydroxylation is 1. The zero-order chi connectivity index (χ0) is 22.3. The summed E-state index contributed by atoms with van der Waals surface area (Å²) in [6.07, 6.45) is -2.57. The lowest BCUT2D eigenvalue weighted by Crippen LogP contribution is -2.46. The van der Waals surface area contributed by atoms with Crippen molar-refractivity contribution in [3.05, 3.63) is 47.0 Å². The average Bonchev–Trinajstić information content (AvgIpc) is 3.13. The van der Waals surface area contributed by atoms with Gasteiger partial charge in [-0.15, -0.1) is 0 Å². The van der Waals surface area contributed by atoms with Crippen molar-refractivity contribution < 1.29 is 22.6 Å². The number of hydrogen-bond acceptors (Lipinski definition) is 5. The Hall–Kier alpha value is -2.66. The van der Waals surface area contributed by atoms with Crippen LogP contribution in [0.5, 0.6) is 0 Å². The molecule has 3 rings (SSSR count). The molecule has 0 aliphatic carbocycles. The number of alkyl halides is 3. The minimum absolute atomic E-state index is 0.0749. The number of nitrogens with one attached hydrogen (secondary N) is 2. The maximum absolute atomic E-state index is 12.1. The number of benzene rings is 1. The molecule has 0 spiro atoms. The standard InChI is InChI=1S/C20H27F3N6O2/c1-24-19(26-16-7-8-18-27-17(12-30-2)28-29(18)10-16)25-9-14-3-5-15(6-4-14)11-31-13-20(21,22)23/h3-6,16H,7-13H2,1-2H3,(H2,24,25,26). The van der Waals surface area contributed by atoms with E-state index in [1.807, 2.05) is 16.8 Å². The Morgan fingerprint density at radius 3 is 2.65 bits per heavy atom. The van der Waals surface area contributed by atoms with Crippen LogP contribution in [0.2, 0.25) is 0 Å². The maximum atomic E-state index is 12.1. The quantitative estimate of drug-likeness (QED) is 0.484. The Balaban J connectivity index is 1.45. The second-order valence-corrected chi connectivity index (χ2v) is 7.29. The molecule has 1 atom stereocenters. The number of rotatable bonds is 8. The van der Waals surface area contributed by atoms with Crippen molar-refractivity contribution in [2.45, 2.75) is 51.4 Å². The van der Waals surface area contributed by atoms with Gasteiger partial charge in [-0.2, -0.15) is 18.3 Å². The van der Waals surface area contributed by atoms with E-state index in [2.05, 4.69) is 30.4 Å². The van der Waals surface area contributed by atoms with Crippen molar-refractivity contribution in [3.8, 4) is 0 Å². The smallest absolute Gasteiger partial charge is 0.377 e. The Labute approximate surface area is 178 Å². The van der Waals surface area contributed by atoms with Gasteiger partial charge in [0.25, 0.3) is 0 Å². The Bertz CT molecular complexity index is 867. The van der Waals surface area contributed by atoms with E-state index in [1.165, 1.54) is 0 Å². The van der Waals surface area contributed by atoms with Crippen LogP contribution < -0.4 is 10.6 Å². The Kier molecular flexibility index (Phi) is 7.85. The molecule has 2 aromatic rings. The first kappa shape index (κ1) is 23.0. The van der Waals surface area contributed by atoms with Gasteiger partial charge in [-0.05, 0) is 17.5 Å². The van der Waals surface area contributed by atoms with Gasteiger partial charge >= 0.3 is 6.18 Å². The molecule has 0 radical (unpaired) electrons. The fraction of sp³-hybridized carbons (Fsp3) is 0.550. The first-order chi connectivity index (χ1) is 14.9. The minimum atomic E-state index is -4.31. The maximum Gasteiger partial charge on any atom is 0.411 e. The zero-order valence-corrected chi connectivity index (χ0v) is 17.6. The molecule has 1 unspecified atom stereocenters. The number of guanidine groups is 1. The second-order valence-electron chi connectivity index (χ2n) is 7.29. The van der Waals surface area contributed by atoms with Crippen molar-refractivity contribution in [2.24, 2.45) is 4.99 Å². The summed E-state index contributed by atoms with van der Waals surface area (Å²) in [5.41, 5.74) is 1.67. The largest absolute Gasteiger partial charge is 0.411 e. The van der Waals surface area contributed by atoms with Gasteiger partial charge in [-0.3, -0.25) is 4.99 Å². The average molecular weight is 440 g/mol. The number of fused-ring (bicyclic) bond motifs is 1. The highest BCUT2D eigenvalue weighted by Gasteiger charge is 2.27. The molecule has 2 heterocycles. The molecule has 2 N–H and O–H groups in total. The molecule has 0 bridgehead atoms. The molecule has 0 saturated carbocycles. The summed E-state index contributed by atoms with van der Waals surface area (Å²) < 4.78 is 48.1. The van der Waals surface area contributed by atoms with Crippen molar-refractivity contribution in [2.75, 3.05) is 20.8 Å². The molecule has 0 fully saturated rings. The summed E-state index contributed by atoms with van der Waals surface area (Å²) >= 11 is 0. The summed E-state index contributed by atoms with van der Waals surface area (Å²) in [5, 5.41) is 11.1. The van der Waals surface area contributed by atoms with Crippen LogP contribution in [0, 0.1) is 0 Å². The van der Waals surface area contributed by atoms with Crippen LogP contribution in [0.25, 0.3) is 0 Å². The fourth-order valence-electron chi connectivity index (χ4n) is 3.28. The van der Waals surface area contributed by atoms with Crippen molar-refractivity contribution >= 4 is 5.96 Å². The van der Waals surface area contributed by atoms with Crippen LogP contribution in [-0.4, -0.2) is 53.7 Å². The first-order valence-corrected chi connectivity index (χ1v) is 9.97. The van der Waals surface area contributed by atoms with Crippen LogP contribution in [0.3, 0.4) is 0 Å². The van der Waals surface area contributed by atoms with Gasteiger partial charge in [0.1, 0.15) is 19.0 Å². The van der Waals surface area contributed by atoms with Crippen LogP contribution in [0.1, 0.15) is 29.2 Å². The minimum Gasteiger partial charge on any atom is -0.377 e. The van der Waals surface area contributed by atoms with Gasteiger partial charge in [0, 0.05) is 33.2 Å². The highest BCUT2D eigenvalue weighted by molar-refractivity contribution is 5.79. The van der Waals surface area contributed by atoms with Gasteiger partial charge < -0.3 is 20.1 Å². The summed E-state index contributed by atoms with van der Waals surface area (Å²) in [5.74, 6) is 2.32. The SMILES string of the molecule is CN=C(NCc1ccc(COCC(F)(F)F)cc1)NC1CCc2nc(COC)nn2C1. The monoisotopic (exact) mass is 440 g/mol. The van der Waals surface area contributed by atoms with Gasteiger partial charge in [0.15, 0.2) is 11.8 Å². The van der Waals surface area contributed by atoms with Crippen LogP contribution in [0.4, 0.5) is 13.2 Å². The Morgan fingerprint density at radius 2 is 1.97 bits per heavy atom. The fourth-order valence-corrected chi connectivity index (χ4v) is 3.28. The van der Waals surface area contributed by atoms with E-state index >= 15 is 0 Å². The number of hydrogen-bond donors (Lipinski definition) is 2. The highest BCUT2D eigenvalue weighted by Crippen LogP contribution is 2.16. The van der Waals surface area contributed by atoms with Crippen molar-refractivity contribution in [1.29, 1.82) is 0 Å². The van der Waals surface area contributed by atoms with E-state index in [0.29, 0.717) is 37.0 Å². The van der Waals surface area contributed by atoms with Crippen LogP contribution in [0.15, 0.2) is 29.3 Å². The van der Waals surface area contributed by atoms with Crippen molar-refractivity contribution in [3.63, 3.8) is 0 Å². The highest BCUT2D eigenvalue weighted by atomic mass is 19.4. The topological polar surface area (TPSA) is 85.6 Å². The number of nitrogens with zero attached hydrogens (tertiary/aromatic N) is 4. The summed E-state index contributed by atoms with van der Waals surface area (Å²) in [6, 6.07) is 7.39. The third kappa shape index (κ3) is 7.21. The molecule has 1 aliphatic rings. The Morgan fingerprint density at radius 1 is 1.23 bits per heavy atom. The van der Waals surface area contributed by atoms with Gasteiger partial charge in [-0.25, -0.2) is 9.67 Å². The first-order valence-electron chi connectivity index (χ1n) is 9.97. The second kappa shape index (κ2) is 10.6. The molecule has 1 aromatic heterocycles. The van der Waals surface area contributed by atoms with Crippen molar-refractivity contribution in [1.82, 2.24) is 25.4 Å². The predicted molar refractivity (Wildman–Crippen MR) is 108 cm³/mol. The summed E-state index contributed by atoms with van der Waals surface area (Å²) in [4.78, 5) is 8.75. The molecule has 0 saturated heterocycles. The summed E-state index contributed by atoms with van der Waals surface area (Å²) in [7, 11) is 3.33. The van der Waals surface area contributed by atoms with E-state index in [1.54, 1.807) is 26.3 Å². The molecular weight excluding hydrogens is 413 g/mol. The molecule has 1 aromatic carbocycles. The lowest BCUT2D eigenvalue weighted by Gasteiger charge is -2.25. The molecule has 1 aliphatic heterocycles. The third-order valence-electron chi connectivity index (χ3n) is 4.76. The van der Waals surface area contributed by atoms with E-state index < -0.39 is 12.8 Å². The van der Waals surface area contributed by atoms with E-state index in [9.17, 15) is 13.2 Å². The number of ether oxygens (including phenoxy) is 2. The molecule has 11 heteroatoms. The predicted octanol–water partition coefficient (Wildman–Crippen LogP) is 2.18. The van der Waals surface area contributed by atoms with E-state index in [-0.39, 0.29) is 12.6 Å². The van der Waals surface area contributed by atoms with E-state index in [0.717, 1.165) is 24.2 Å². The van der Waals surface area contributed by atoms with Gasteiger partial charge in [0.05, 0.1) is 13.2 Å². The molecule has 31 heavy (non-hydrogen) atoms. The summed E-state index contributed by atoms with van der Waals surface area (Å²) in [6.45, 7) is 0.300. The molecule has 8 nitrogen and oxygen atoms in total. The van der Waals surface area contributed by atoms with Crippen LogP contribution in [-0.2, 0) is 42.2 Å². The molecular formula is C20H27F3N6O2. The van der Waals surface area contributed by atoms with Crippen LogP contribution >= 0.6 is 0 Å². The van der Waals surface area contributed by atoms with Gasteiger partial charge in [-0.1, -0.05) is 24.3 Å². The number of aromatic nitrogens is 3. The lowest BCUT2D eigenvalue weighted by molar-refractivity contribution is -0.176. The molecule has 170 valence electrons. The number of halogens is 3. The number of methoxy groups -OCH3 is 1. The van der Waals surface area contributed by atoms with E-state index in [4.69, 9.17) is 4.74 Å². The number of aliphatic imine (C=N–C) groups is 1. The lowest BCUT2D eigenvalue weighted by atomic mass is 10.1.